The summed E-state index contributed by atoms with van der Waals surface area (Å²) in [6.45, 7) is 5.24. The number of carboxylic acids is 1. The Kier molecular flexibility index (Phi) is 3.53. The maximum absolute atomic E-state index is 11.2. The van der Waals surface area contributed by atoms with E-state index in [4.69, 9.17) is 5.11 Å². The molecule has 0 fully saturated rings. The van der Waals surface area contributed by atoms with Crippen molar-refractivity contribution in [1.29, 1.82) is 0 Å². The Morgan fingerprint density at radius 3 is 2.79 bits per heavy atom. The van der Waals surface area contributed by atoms with Crippen molar-refractivity contribution in [3.05, 3.63) is 35.1 Å². The van der Waals surface area contributed by atoms with Crippen LogP contribution in [0.1, 0.15) is 25.1 Å². The van der Waals surface area contributed by atoms with E-state index in [1.165, 1.54) is 11.3 Å². The minimum atomic E-state index is -0.985. The second-order valence-corrected chi connectivity index (χ2v) is 5.70. The van der Waals surface area contributed by atoms with Gasteiger partial charge in [-0.1, -0.05) is 0 Å². The third-order valence-electron chi connectivity index (χ3n) is 2.81. The van der Waals surface area contributed by atoms with E-state index in [9.17, 15) is 4.79 Å². The van der Waals surface area contributed by atoms with Gasteiger partial charge in [0.25, 0.3) is 0 Å². The molecule has 2 N–H and O–H groups in total. The molecule has 19 heavy (non-hydrogen) atoms. The summed E-state index contributed by atoms with van der Waals surface area (Å²) in [5.41, 5.74) is 1.45. The van der Waals surface area contributed by atoms with Gasteiger partial charge in [0, 0.05) is 11.6 Å². The molecule has 0 unspecified atom stereocenters. The lowest BCUT2D eigenvalue weighted by Crippen LogP contribution is -2.28. The first-order valence-corrected chi connectivity index (χ1v) is 6.65. The number of carbonyl (C=O) groups is 1. The number of aromatic nitrogens is 2. The summed E-state index contributed by atoms with van der Waals surface area (Å²) in [5.74, 6) is -0.887. The lowest BCUT2D eigenvalue weighted by Gasteiger charge is -2.15. The molecule has 2 rings (SSSR count). The van der Waals surface area contributed by atoms with Crippen molar-refractivity contribution in [2.24, 2.45) is 0 Å². The summed E-state index contributed by atoms with van der Waals surface area (Å²) < 4.78 is 0. The average molecular weight is 277 g/mol. The van der Waals surface area contributed by atoms with Crippen LogP contribution in [0.15, 0.2) is 23.8 Å². The Hall–Kier alpha value is -1.95. The normalized spacial score (nSPS) is 11.3. The fraction of sp³-hybridized carbons (Fsp3) is 0.308. The standard InChI is InChI=1S/C13H15N3O2S/c1-8-4-9(6-14-5-8)15-12-16-10(7-19-12)13(2,3)11(17)18/h4-7H,1-3H3,(H,15,16)(H,17,18). The van der Waals surface area contributed by atoms with Crippen molar-refractivity contribution in [2.75, 3.05) is 5.32 Å². The molecule has 0 radical (unpaired) electrons. The van der Waals surface area contributed by atoms with Crippen LogP contribution >= 0.6 is 11.3 Å². The maximum atomic E-state index is 11.2. The summed E-state index contributed by atoms with van der Waals surface area (Å²) in [7, 11) is 0. The molecule has 2 aromatic rings. The van der Waals surface area contributed by atoms with Gasteiger partial charge < -0.3 is 10.4 Å². The molecular weight excluding hydrogens is 262 g/mol. The first kappa shape index (κ1) is 13.5. The SMILES string of the molecule is Cc1cncc(Nc2nc(C(C)(C)C(=O)O)cs2)c1. The number of aliphatic carboxylic acids is 1. The van der Waals surface area contributed by atoms with Gasteiger partial charge in [-0.15, -0.1) is 11.3 Å². The van der Waals surface area contributed by atoms with Crippen molar-refractivity contribution in [1.82, 2.24) is 9.97 Å². The average Bonchev–Trinajstić information content (AvgIpc) is 2.78. The third-order valence-corrected chi connectivity index (χ3v) is 3.56. The topological polar surface area (TPSA) is 75.1 Å². The van der Waals surface area contributed by atoms with Crippen molar-refractivity contribution in [3.63, 3.8) is 0 Å². The van der Waals surface area contributed by atoms with Gasteiger partial charge in [-0.3, -0.25) is 9.78 Å². The fourth-order valence-electron chi connectivity index (χ4n) is 1.47. The molecule has 0 aromatic carbocycles. The van der Waals surface area contributed by atoms with Crippen LogP contribution in [0, 0.1) is 6.92 Å². The van der Waals surface area contributed by atoms with Crippen LogP contribution in [-0.4, -0.2) is 21.0 Å². The molecule has 0 spiro atoms. The van der Waals surface area contributed by atoms with Gasteiger partial charge in [-0.2, -0.15) is 0 Å². The number of rotatable bonds is 4. The lowest BCUT2D eigenvalue weighted by molar-refractivity contribution is -0.142. The number of aryl methyl sites for hydroxylation is 1. The van der Waals surface area contributed by atoms with Crippen molar-refractivity contribution >= 4 is 28.1 Å². The van der Waals surface area contributed by atoms with E-state index in [2.05, 4.69) is 15.3 Å². The minimum absolute atomic E-state index is 0.549. The first-order chi connectivity index (χ1) is 8.89. The molecule has 0 aliphatic rings. The molecule has 0 aliphatic heterocycles. The van der Waals surface area contributed by atoms with Gasteiger partial charge in [0.2, 0.25) is 0 Å². The zero-order valence-corrected chi connectivity index (χ0v) is 11.8. The van der Waals surface area contributed by atoms with Gasteiger partial charge in [-0.05, 0) is 32.4 Å². The summed E-state index contributed by atoms with van der Waals surface area (Å²) in [5, 5.41) is 14.7. The number of carboxylic acid groups (broad SMARTS) is 1. The third kappa shape index (κ3) is 2.90. The van der Waals surface area contributed by atoms with Crippen LogP contribution in [0.5, 0.6) is 0 Å². The Bertz CT molecular complexity index is 607. The van der Waals surface area contributed by atoms with E-state index in [1.807, 2.05) is 13.0 Å². The van der Waals surface area contributed by atoms with E-state index in [0.29, 0.717) is 10.8 Å². The van der Waals surface area contributed by atoms with E-state index >= 15 is 0 Å². The highest BCUT2D eigenvalue weighted by molar-refractivity contribution is 7.13. The Balaban J connectivity index is 2.20. The highest BCUT2D eigenvalue weighted by atomic mass is 32.1. The van der Waals surface area contributed by atoms with Gasteiger partial charge >= 0.3 is 5.97 Å². The summed E-state index contributed by atoms with van der Waals surface area (Å²) >= 11 is 1.38. The van der Waals surface area contributed by atoms with Crippen LogP contribution < -0.4 is 5.32 Å². The van der Waals surface area contributed by atoms with E-state index in [0.717, 1.165) is 11.3 Å². The number of anilines is 2. The largest absolute Gasteiger partial charge is 0.481 e. The van der Waals surface area contributed by atoms with E-state index in [1.54, 1.807) is 31.6 Å². The van der Waals surface area contributed by atoms with Gasteiger partial charge in [0.05, 0.1) is 17.6 Å². The lowest BCUT2D eigenvalue weighted by atomic mass is 9.90. The number of hydrogen-bond acceptors (Lipinski definition) is 5. The van der Waals surface area contributed by atoms with Crippen LogP contribution in [0.3, 0.4) is 0 Å². The Morgan fingerprint density at radius 1 is 1.42 bits per heavy atom. The molecule has 0 atom stereocenters. The molecule has 2 heterocycles. The number of thiazole rings is 1. The summed E-state index contributed by atoms with van der Waals surface area (Å²) in [4.78, 5) is 19.6. The number of hydrogen-bond donors (Lipinski definition) is 2. The second kappa shape index (κ2) is 4.97. The second-order valence-electron chi connectivity index (χ2n) is 4.84. The monoisotopic (exact) mass is 277 g/mol. The summed E-state index contributed by atoms with van der Waals surface area (Å²) in [6.07, 6.45) is 3.47. The van der Waals surface area contributed by atoms with Gasteiger partial charge in [0.1, 0.15) is 5.41 Å². The molecule has 0 bridgehead atoms. The number of pyridine rings is 1. The number of nitrogens with zero attached hydrogens (tertiary/aromatic N) is 2. The highest BCUT2D eigenvalue weighted by Crippen LogP contribution is 2.28. The molecule has 0 saturated heterocycles. The molecule has 5 nitrogen and oxygen atoms in total. The van der Waals surface area contributed by atoms with Crippen LogP contribution in [0.4, 0.5) is 10.8 Å². The van der Waals surface area contributed by atoms with E-state index in [-0.39, 0.29) is 0 Å². The molecule has 2 aromatic heterocycles. The summed E-state index contributed by atoms with van der Waals surface area (Å²) in [6, 6.07) is 1.95. The molecule has 6 heteroatoms. The fourth-order valence-corrected chi connectivity index (χ4v) is 2.37. The predicted octanol–water partition coefficient (Wildman–Crippen LogP) is 2.95. The smallest absolute Gasteiger partial charge is 0.315 e. The maximum Gasteiger partial charge on any atom is 0.315 e. The highest BCUT2D eigenvalue weighted by Gasteiger charge is 2.32. The molecule has 0 aliphatic carbocycles. The Morgan fingerprint density at radius 2 is 2.16 bits per heavy atom. The van der Waals surface area contributed by atoms with Crippen molar-refractivity contribution in [3.8, 4) is 0 Å². The van der Waals surface area contributed by atoms with Crippen LogP contribution in [0.2, 0.25) is 0 Å². The number of nitrogens with one attached hydrogen (secondary N) is 1. The first-order valence-electron chi connectivity index (χ1n) is 5.77. The zero-order valence-electron chi connectivity index (χ0n) is 11.0. The van der Waals surface area contributed by atoms with E-state index < -0.39 is 11.4 Å². The quantitative estimate of drug-likeness (QED) is 0.898. The van der Waals surface area contributed by atoms with Gasteiger partial charge in [0.15, 0.2) is 5.13 Å². The zero-order chi connectivity index (χ0) is 14.0. The molecule has 0 saturated carbocycles. The minimum Gasteiger partial charge on any atom is -0.481 e. The molecule has 100 valence electrons. The van der Waals surface area contributed by atoms with Crippen LogP contribution in [0.25, 0.3) is 0 Å². The van der Waals surface area contributed by atoms with Gasteiger partial charge in [-0.25, -0.2) is 4.98 Å². The van der Waals surface area contributed by atoms with Crippen molar-refractivity contribution in [2.45, 2.75) is 26.2 Å². The van der Waals surface area contributed by atoms with Crippen LogP contribution in [-0.2, 0) is 10.2 Å². The van der Waals surface area contributed by atoms with Crippen molar-refractivity contribution < 1.29 is 9.90 Å². The Labute approximate surface area is 115 Å². The predicted molar refractivity (Wildman–Crippen MR) is 75.0 cm³/mol. The molecular formula is C13H15N3O2S. The molecule has 0 amide bonds.